The molecule has 0 amide bonds. The number of rotatable bonds is 3. The summed E-state index contributed by atoms with van der Waals surface area (Å²) in [5.41, 5.74) is 0. The molecule has 3 rings (SSSR count). The molecular weight excluding hydrogens is 186 g/mol. The van der Waals surface area contributed by atoms with Crippen molar-refractivity contribution in [1.29, 1.82) is 0 Å². The van der Waals surface area contributed by atoms with E-state index >= 15 is 0 Å². The van der Waals surface area contributed by atoms with Gasteiger partial charge in [-0.05, 0) is 25.2 Å². The Bertz CT molecular complexity index is 338. The summed E-state index contributed by atoms with van der Waals surface area (Å²) in [7, 11) is 0. The number of nitrogens with one attached hydrogen (secondary N) is 1. The van der Waals surface area contributed by atoms with Crippen molar-refractivity contribution in [2.24, 2.45) is 5.92 Å². The van der Waals surface area contributed by atoms with Gasteiger partial charge in [0.25, 0.3) is 0 Å². The summed E-state index contributed by atoms with van der Waals surface area (Å²) in [5, 5.41) is 3.58. The first kappa shape index (κ1) is 9.25. The van der Waals surface area contributed by atoms with E-state index in [1.165, 1.54) is 32.1 Å². The minimum Gasteiger partial charge on any atom is -0.353 e. The molecule has 0 aliphatic heterocycles. The monoisotopic (exact) mass is 205 g/mol. The van der Waals surface area contributed by atoms with E-state index in [2.05, 4.69) is 28.0 Å². The Morgan fingerprint density at radius 2 is 2.13 bits per heavy atom. The van der Waals surface area contributed by atoms with Crippen LogP contribution in [-0.4, -0.2) is 15.6 Å². The molecule has 2 saturated carbocycles. The molecule has 0 aromatic carbocycles. The van der Waals surface area contributed by atoms with Crippen molar-refractivity contribution in [3.8, 4) is 0 Å². The van der Waals surface area contributed by atoms with Crippen LogP contribution >= 0.6 is 0 Å². The highest BCUT2D eigenvalue weighted by atomic mass is 15.2. The maximum atomic E-state index is 4.43. The summed E-state index contributed by atoms with van der Waals surface area (Å²) >= 11 is 0. The number of hydrogen-bond acceptors (Lipinski definition) is 2. The fourth-order valence-electron chi connectivity index (χ4n) is 2.64. The Hall–Kier alpha value is -0.990. The maximum absolute atomic E-state index is 4.43. The SMILES string of the molecule is CC1CC1n1ccnc1NC1CCCC1. The van der Waals surface area contributed by atoms with Gasteiger partial charge in [-0.2, -0.15) is 0 Å². The maximum Gasteiger partial charge on any atom is 0.203 e. The van der Waals surface area contributed by atoms with Crippen LogP contribution < -0.4 is 5.32 Å². The molecule has 82 valence electrons. The number of imidazole rings is 1. The van der Waals surface area contributed by atoms with E-state index in [9.17, 15) is 0 Å². The third-order valence-electron chi connectivity index (χ3n) is 3.78. The van der Waals surface area contributed by atoms with Gasteiger partial charge in [-0.1, -0.05) is 19.8 Å². The fourth-order valence-corrected chi connectivity index (χ4v) is 2.64. The van der Waals surface area contributed by atoms with Crippen molar-refractivity contribution >= 4 is 5.95 Å². The molecule has 1 aromatic rings. The lowest BCUT2D eigenvalue weighted by atomic mass is 10.2. The van der Waals surface area contributed by atoms with Crippen molar-refractivity contribution in [3.05, 3.63) is 12.4 Å². The van der Waals surface area contributed by atoms with Gasteiger partial charge in [0.1, 0.15) is 0 Å². The van der Waals surface area contributed by atoms with E-state index in [4.69, 9.17) is 0 Å². The van der Waals surface area contributed by atoms with Crippen LogP contribution in [0.3, 0.4) is 0 Å². The van der Waals surface area contributed by atoms with Crippen molar-refractivity contribution in [3.63, 3.8) is 0 Å². The van der Waals surface area contributed by atoms with E-state index in [-0.39, 0.29) is 0 Å². The molecule has 1 N–H and O–H groups in total. The van der Waals surface area contributed by atoms with E-state index in [0.29, 0.717) is 12.1 Å². The molecule has 2 unspecified atom stereocenters. The predicted molar refractivity (Wildman–Crippen MR) is 60.9 cm³/mol. The summed E-state index contributed by atoms with van der Waals surface area (Å²) < 4.78 is 2.32. The minimum atomic E-state index is 0.667. The Kier molecular flexibility index (Phi) is 2.19. The zero-order valence-corrected chi connectivity index (χ0v) is 9.32. The van der Waals surface area contributed by atoms with Gasteiger partial charge in [0.2, 0.25) is 5.95 Å². The Labute approximate surface area is 90.9 Å². The lowest BCUT2D eigenvalue weighted by Crippen LogP contribution is -2.18. The van der Waals surface area contributed by atoms with Crippen molar-refractivity contribution in [2.75, 3.05) is 5.32 Å². The molecule has 2 aliphatic carbocycles. The molecule has 1 heterocycles. The molecule has 2 fully saturated rings. The summed E-state index contributed by atoms with van der Waals surface area (Å²) in [5.74, 6) is 1.93. The molecule has 0 spiro atoms. The van der Waals surface area contributed by atoms with E-state index in [0.717, 1.165) is 11.9 Å². The third kappa shape index (κ3) is 1.75. The van der Waals surface area contributed by atoms with Crippen molar-refractivity contribution in [1.82, 2.24) is 9.55 Å². The standard InChI is InChI=1S/C12H19N3/c1-9-8-11(9)15-7-6-13-12(15)14-10-4-2-3-5-10/h6-7,9-11H,2-5,8H2,1H3,(H,13,14). The number of nitrogens with zero attached hydrogens (tertiary/aromatic N) is 2. The highest BCUT2D eigenvalue weighted by molar-refractivity contribution is 5.30. The van der Waals surface area contributed by atoms with Crippen LogP contribution in [-0.2, 0) is 0 Å². The van der Waals surface area contributed by atoms with E-state index in [1.807, 2.05) is 6.20 Å². The smallest absolute Gasteiger partial charge is 0.203 e. The topological polar surface area (TPSA) is 29.9 Å². The third-order valence-corrected chi connectivity index (χ3v) is 3.78. The summed E-state index contributed by atoms with van der Waals surface area (Å²) in [4.78, 5) is 4.43. The van der Waals surface area contributed by atoms with Crippen LogP contribution in [0.2, 0.25) is 0 Å². The average molecular weight is 205 g/mol. The molecule has 3 nitrogen and oxygen atoms in total. The largest absolute Gasteiger partial charge is 0.353 e. The average Bonchev–Trinajstić information content (AvgIpc) is 2.74. The van der Waals surface area contributed by atoms with Gasteiger partial charge in [0.05, 0.1) is 0 Å². The predicted octanol–water partition coefficient (Wildman–Crippen LogP) is 2.82. The number of anilines is 1. The molecule has 0 radical (unpaired) electrons. The second kappa shape index (κ2) is 3.54. The van der Waals surface area contributed by atoms with Crippen LogP contribution in [0.1, 0.15) is 45.1 Å². The first-order chi connectivity index (χ1) is 7.34. The molecule has 1 aromatic heterocycles. The normalized spacial score (nSPS) is 30.7. The summed E-state index contributed by atoms with van der Waals surface area (Å²) in [6.07, 6.45) is 10.7. The zero-order valence-electron chi connectivity index (χ0n) is 9.32. The first-order valence-corrected chi connectivity index (χ1v) is 6.14. The first-order valence-electron chi connectivity index (χ1n) is 6.14. The van der Waals surface area contributed by atoms with Crippen LogP contribution in [0.4, 0.5) is 5.95 Å². The van der Waals surface area contributed by atoms with E-state index < -0.39 is 0 Å². The quantitative estimate of drug-likeness (QED) is 0.822. The fraction of sp³-hybridized carbons (Fsp3) is 0.750. The molecule has 15 heavy (non-hydrogen) atoms. The molecule has 3 heteroatoms. The summed E-state index contributed by atoms with van der Waals surface area (Å²) in [6.45, 7) is 2.31. The zero-order chi connectivity index (χ0) is 10.3. The Morgan fingerprint density at radius 3 is 2.80 bits per heavy atom. The number of aromatic nitrogens is 2. The van der Waals surface area contributed by atoms with Gasteiger partial charge >= 0.3 is 0 Å². The van der Waals surface area contributed by atoms with Crippen LogP contribution in [0.5, 0.6) is 0 Å². The van der Waals surface area contributed by atoms with Crippen molar-refractivity contribution in [2.45, 2.75) is 51.1 Å². The molecule has 2 aliphatic rings. The highest BCUT2D eigenvalue weighted by Gasteiger charge is 2.35. The van der Waals surface area contributed by atoms with Gasteiger partial charge in [-0.25, -0.2) is 4.98 Å². The van der Waals surface area contributed by atoms with Crippen LogP contribution in [0, 0.1) is 5.92 Å². The van der Waals surface area contributed by atoms with Crippen LogP contribution in [0.25, 0.3) is 0 Å². The second-order valence-corrected chi connectivity index (χ2v) is 5.06. The lowest BCUT2D eigenvalue weighted by Gasteiger charge is -2.14. The number of hydrogen-bond donors (Lipinski definition) is 1. The van der Waals surface area contributed by atoms with Gasteiger partial charge in [-0.15, -0.1) is 0 Å². The summed E-state index contributed by atoms with van der Waals surface area (Å²) in [6, 6.07) is 1.37. The van der Waals surface area contributed by atoms with Crippen LogP contribution in [0.15, 0.2) is 12.4 Å². The molecule has 0 saturated heterocycles. The molecule has 2 atom stereocenters. The van der Waals surface area contributed by atoms with Gasteiger partial charge in [-0.3, -0.25) is 0 Å². The van der Waals surface area contributed by atoms with Gasteiger partial charge < -0.3 is 9.88 Å². The highest BCUT2D eigenvalue weighted by Crippen LogP contribution is 2.44. The Balaban J connectivity index is 1.71. The van der Waals surface area contributed by atoms with E-state index in [1.54, 1.807) is 0 Å². The van der Waals surface area contributed by atoms with Gasteiger partial charge in [0.15, 0.2) is 0 Å². The van der Waals surface area contributed by atoms with Crippen molar-refractivity contribution < 1.29 is 0 Å². The Morgan fingerprint density at radius 1 is 1.40 bits per heavy atom. The minimum absolute atomic E-state index is 0.667. The van der Waals surface area contributed by atoms with Gasteiger partial charge in [0, 0.05) is 24.5 Å². The second-order valence-electron chi connectivity index (χ2n) is 5.06. The molecular formula is C12H19N3. The molecule has 0 bridgehead atoms. The lowest BCUT2D eigenvalue weighted by molar-refractivity contribution is 0.666.